The average molecular weight is 477 g/mol. The number of anilines is 2. The summed E-state index contributed by atoms with van der Waals surface area (Å²) in [6, 6.07) is 10.1. The van der Waals surface area contributed by atoms with Crippen molar-refractivity contribution in [3.05, 3.63) is 67.0 Å². The van der Waals surface area contributed by atoms with Gasteiger partial charge in [0.1, 0.15) is 0 Å². The zero-order valence-electron chi connectivity index (χ0n) is 18.1. The van der Waals surface area contributed by atoms with Gasteiger partial charge in [-0.3, -0.25) is 14.5 Å². The molecule has 1 aliphatic rings. The highest BCUT2D eigenvalue weighted by Gasteiger charge is 2.35. The van der Waals surface area contributed by atoms with Gasteiger partial charge in [-0.2, -0.15) is 0 Å². The summed E-state index contributed by atoms with van der Waals surface area (Å²) in [7, 11) is -1.88. The van der Waals surface area contributed by atoms with Gasteiger partial charge in [0.25, 0.3) is 5.91 Å². The largest absolute Gasteiger partial charge is 0.481 e. The van der Waals surface area contributed by atoms with E-state index in [4.69, 9.17) is 4.74 Å². The number of sulfonamides is 1. The standard InChI is InChI=1S/C23H20N6O4S/c1-33-21-10-14(6-9-25-21)18-13-24-8-7-19(18)28-23(30)22-26-12-15-2-3-16(11-20(15)27-22)29-34(31,32)17-4-5-17/h2-3,6-13,17,29H,4-5H2,1H3,(H,24,28,30). The molecule has 0 spiro atoms. The van der Waals surface area contributed by atoms with Gasteiger partial charge in [0.15, 0.2) is 0 Å². The Hall–Kier alpha value is -4.12. The first-order valence-electron chi connectivity index (χ1n) is 10.5. The molecule has 11 heteroatoms. The number of aromatic nitrogens is 4. The first-order valence-corrected chi connectivity index (χ1v) is 12.0. The Labute approximate surface area is 195 Å². The van der Waals surface area contributed by atoms with E-state index in [1.54, 1.807) is 55.0 Å². The third kappa shape index (κ3) is 4.50. The number of pyridine rings is 2. The number of rotatable bonds is 7. The molecule has 10 nitrogen and oxygen atoms in total. The number of nitrogens with zero attached hydrogens (tertiary/aromatic N) is 4. The number of hydrogen-bond acceptors (Lipinski definition) is 8. The first-order chi connectivity index (χ1) is 16.4. The molecule has 1 fully saturated rings. The number of methoxy groups -OCH3 is 1. The second-order valence-electron chi connectivity index (χ2n) is 7.78. The summed E-state index contributed by atoms with van der Waals surface area (Å²) >= 11 is 0. The van der Waals surface area contributed by atoms with Crippen molar-refractivity contribution >= 4 is 38.2 Å². The lowest BCUT2D eigenvalue weighted by molar-refractivity contribution is 0.101. The predicted octanol–water partition coefficient (Wildman–Crippen LogP) is 3.25. The summed E-state index contributed by atoms with van der Waals surface area (Å²) in [5.41, 5.74) is 2.80. The summed E-state index contributed by atoms with van der Waals surface area (Å²) in [5, 5.41) is 3.16. The lowest BCUT2D eigenvalue weighted by Crippen LogP contribution is -2.17. The molecule has 0 unspecified atom stereocenters. The minimum absolute atomic E-state index is 0.0511. The van der Waals surface area contributed by atoms with Gasteiger partial charge in [0.2, 0.25) is 21.7 Å². The number of carbonyl (C=O) groups excluding carboxylic acids is 1. The van der Waals surface area contributed by atoms with Crippen LogP contribution in [0.2, 0.25) is 0 Å². The summed E-state index contributed by atoms with van der Waals surface area (Å²) in [5.74, 6) is -0.131. The topological polar surface area (TPSA) is 136 Å². The number of hydrogen-bond donors (Lipinski definition) is 2. The van der Waals surface area contributed by atoms with Gasteiger partial charge in [-0.05, 0) is 48.7 Å². The molecule has 0 radical (unpaired) electrons. The van der Waals surface area contributed by atoms with E-state index >= 15 is 0 Å². The molecule has 3 aromatic heterocycles. The molecule has 0 bridgehead atoms. The van der Waals surface area contributed by atoms with Gasteiger partial charge in [-0.25, -0.2) is 23.4 Å². The van der Waals surface area contributed by atoms with Crippen LogP contribution >= 0.6 is 0 Å². The normalized spacial score (nSPS) is 13.4. The van der Waals surface area contributed by atoms with E-state index in [-0.39, 0.29) is 11.1 Å². The Balaban J connectivity index is 1.42. The van der Waals surface area contributed by atoms with Crippen molar-refractivity contribution in [2.24, 2.45) is 0 Å². The molecular weight excluding hydrogens is 456 g/mol. The van der Waals surface area contributed by atoms with Crippen LogP contribution in [-0.2, 0) is 10.0 Å². The fourth-order valence-electron chi connectivity index (χ4n) is 3.42. The number of amides is 1. The molecule has 4 aromatic rings. The second kappa shape index (κ2) is 8.67. The Morgan fingerprint density at radius 2 is 1.91 bits per heavy atom. The number of carbonyl (C=O) groups is 1. The van der Waals surface area contributed by atoms with Crippen molar-refractivity contribution in [1.29, 1.82) is 0 Å². The summed E-state index contributed by atoms with van der Waals surface area (Å²) in [6.07, 6.45) is 7.66. The molecule has 34 heavy (non-hydrogen) atoms. The monoisotopic (exact) mass is 476 g/mol. The molecule has 0 aliphatic heterocycles. The van der Waals surface area contributed by atoms with Crippen LogP contribution in [0.15, 0.2) is 61.2 Å². The molecule has 1 amide bonds. The maximum Gasteiger partial charge on any atom is 0.293 e. The van der Waals surface area contributed by atoms with Crippen molar-refractivity contribution in [1.82, 2.24) is 19.9 Å². The van der Waals surface area contributed by atoms with E-state index in [1.807, 2.05) is 0 Å². The van der Waals surface area contributed by atoms with Crippen molar-refractivity contribution in [2.45, 2.75) is 18.1 Å². The fraction of sp³-hybridized carbons (Fsp3) is 0.174. The van der Waals surface area contributed by atoms with E-state index in [0.717, 1.165) is 5.56 Å². The molecule has 2 N–H and O–H groups in total. The van der Waals surface area contributed by atoms with E-state index in [1.165, 1.54) is 13.3 Å². The van der Waals surface area contributed by atoms with E-state index in [2.05, 4.69) is 30.0 Å². The van der Waals surface area contributed by atoms with Crippen LogP contribution in [0, 0.1) is 0 Å². The Morgan fingerprint density at radius 1 is 1.06 bits per heavy atom. The molecule has 1 aliphatic carbocycles. The highest BCUT2D eigenvalue weighted by atomic mass is 32.2. The maximum absolute atomic E-state index is 13.0. The lowest BCUT2D eigenvalue weighted by Gasteiger charge is -2.11. The quantitative estimate of drug-likeness (QED) is 0.415. The highest BCUT2D eigenvalue weighted by Crippen LogP contribution is 2.31. The molecule has 1 saturated carbocycles. The minimum atomic E-state index is -3.40. The van der Waals surface area contributed by atoms with Gasteiger partial charge < -0.3 is 10.1 Å². The van der Waals surface area contributed by atoms with E-state index in [9.17, 15) is 13.2 Å². The Bertz CT molecular complexity index is 1500. The average Bonchev–Trinajstić information content (AvgIpc) is 3.70. The summed E-state index contributed by atoms with van der Waals surface area (Å²) in [6.45, 7) is 0. The number of nitrogens with one attached hydrogen (secondary N) is 2. The molecule has 5 rings (SSSR count). The van der Waals surface area contributed by atoms with Crippen LogP contribution < -0.4 is 14.8 Å². The molecule has 1 aromatic carbocycles. The number of ether oxygens (including phenoxy) is 1. The van der Waals surface area contributed by atoms with Crippen LogP contribution in [0.1, 0.15) is 23.5 Å². The third-order valence-corrected chi connectivity index (χ3v) is 7.20. The Kier molecular flexibility index (Phi) is 5.54. The van der Waals surface area contributed by atoms with Crippen LogP contribution in [0.5, 0.6) is 5.88 Å². The lowest BCUT2D eigenvalue weighted by atomic mass is 10.1. The number of fused-ring (bicyclic) bond motifs is 1. The molecular formula is C23H20N6O4S. The smallest absolute Gasteiger partial charge is 0.293 e. The fourth-order valence-corrected chi connectivity index (χ4v) is 4.80. The molecule has 0 saturated heterocycles. The SMILES string of the molecule is COc1cc(-c2cnccc2NC(=O)c2ncc3ccc(NS(=O)(=O)C4CC4)cc3n2)ccn1. The van der Waals surface area contributed by atoms with Gasteiger partial charge in [0, 0.05) is 41.8 Å². The zero-order chi connectivity index (χ0) is 23.7. The van der Waals surface area contributed by atoms with Crippen molar-refractivity contribution in [3.8, 4) is 17.0 Å². The second-order valence-corrected chi connectivity index (χ2v) is 9.74. The number of benzene rings is 1. The zero-order valence-corrected chi connectivity index (χ0v) is 18.9. The van der Waals surface area contributed by atoms with Crippen LogP contribution in [0.4, 0.5) is 11.4 Å². The van der Waals surface area contributed by atoms with Crippen LogP contribution in [0.3, 0.4) is 0 Å². The predicted molar refractivity (Wildman–Crippen MR) is 127 cm³/mol. The van der Waals surface area contributed by atoms with Gasteiger partial charge in [-0.1, -0.05) is 0 Å². The van der Waals surface area contributed by atoms with Gasteiger partial charge >= 0.3 is 0 Å². The molecule has 0 atom stereocenters. The van der Waals surface area contributed by atoms with Crippen molar-refractivity contribution in [2.75, 3.05) is 17.1 Å². The van der Waals surface area contributed by atoms with Gasteiger partial charge in [-0.15, -0.1) is 0 Å². The van der Waals surface area contributed by atoms with Crippen molar-refractivity contribution in [3.63, 3.8) is 0 Å². The molecule has 3 heterocycles. The summed E-state index contributed by atoms with van der Waals surface area (Å²) < 4.78 is 32.2. The third-order valence-electron chi connectivity index (χ3n) is 5.33. The summed E-state index contributed by atoms with van der Waals surface area (Å²) in [4.78, 5) is 29.7. The van der Waals surface area contributed by atoms with Crippen LogP contribution in [-0.4, -0.2) is 46.6 Å². The van der Waals surface area contributed by atoms with E-state index in [0.29, 0.717) is 46.6 Å². The first kappa shape index (κ1) is 21.7. The van der Waals surface area contributed by atoms with Crippen molar-refractivity contribution < 1.29 is 17.9 Å². The Morgan fingerprint density at radius 3 is 2.71 bits per heavy atom. The maximum atomic E-state index is 13.0. The highest BCUT2D eigenvalue weighted by molar-refractivity contribution is 7.93. The molecule has 172 valence electrons. The van der Waals surface area contributed by atoms with E-state index < -0.39 is 15.9 Å². The van der Waals surface area contributed by atoms with Crippen LogP contribution in [0.25, 0.3) is 22.0 Å². The van der Waals surface area contributed by atoms with Gasteiger partial charge in [0.05, 0.1) is 29.3 Å². The minimum Gasteiger partial charge on any atom is -0.481 e.